The van der Waals surface area contributed by atoms with E-state index in [0.29, 0.717) is 13.2 Å². The van der Waals surface area contributed by atoms with Gasteiger partial charge >= 0.3 is 5.97 Å². The molecule has 0 saturated carbocycles. The topological polar surface area (TPSA) is 38.3 Å². The van der Waals surface area contributed by atoms with Crippen LogP contribution in [0.1, 0.15) is 32.3 Å². The second-order valence-corrected chi connectivity index (χ2v) is 4.68. The lowest BCUT2D eigenvalue weighted by molar-refractivity contribution is -0.148. The Bertz CT molecular complexity index is 351. The molecule has 0 radical (unpaired) electrons. The Morgan fingerprint density at radius 2 is 2.00 bits per heavy atom. The van der Waals surface area contributed by atoms with Crippen molar-refractivity contribution in [2.75, 3.05) is 19.7 Å². The van der Waals surface area contributed by atoms with Gasteiger partial charge in [-0.3, -0.25) is 4.79 Å². The van der Waals surface area contributed by atoms with E-state index >= 15 is 0 Å². The minimum Gasteiger partial charge on any atom is -0.466 e. The molecule has 1 aromatic rings. The lowest BCUT2D eigenvalue weighted by atomic mass is 10.0. The highest BCUT2D eigenvalue weighted by Gasteiger charge is 2.17. The molecule has 0 bridgehead atoms. The monoisotopic (exact) mass is 263 g/mol. The first-order valence-corrected chi connectivity index (χ1v) is 7.19. The van der Waals surface area contributed by atoms with Gasteiger partial charge in [-0.1, -0.05) is 43.7 Å². The Morgan fingerprint density at radius 1 is 1.26 bits per heavy atom. The Morgan fingerprint density at radius 3 is 2.63 bits per heavy atom. The standard InChI is InChI=1S/C16H25NO2/c1-3-8-15(16(18)19-4-2)13-17-12-11-14-9-6-5-7-10-14/h5-7,9-10,15,17H,3-4,8,11-13H2,1-2H3. The van der Waals surface area contributed by atoms with Crippen LogP contribution in [0.4, 0.5) is 0 Å². The van der Waals surface area contributed by atoms with Crippen molar-refractivity contribution in [3.05, 3.63) is 35.9 Å². The maximum Gasteiger partial charge on any atom is 0.310 e. The van der Waals surface area contributed by atoms with Crippen LogP contribution >= 0.6 is 0 Å². The number of esters is 1. The van der Waals surface area contributed by atoms with E-state index in [4.69, 9.17) is 4.74 Å². The smallest absolute Gasteiger partial charge is 0.310 e. The van der Waals surface area contributed by atoms with Crippen molar-refractivity contribution >= 4 is 5.97 Å². The Kier molecular flexibility index (Phi) is 7.91. The number of ether oxygens (including phenoxy) is 1. The zero-order chi connectivity index (χ0) is 13.9. The average molecular weight is 263 g/mol. The lowest BCUT2D eigenvalue weighted by Gasteiger charge is -2.15. The highest BCUT2D eigenvalue weighted by molar-refractivity contribution is 5.72. The van der Waals surface area contributed by atoms with Gasteiger partial charge in [-0.15, -0.1) is 0 Å². The molecule has 1 atom stereocenters. The van der Waals surface area contributed by atoms with E-state index in [-0.39, 0.29) is 11.9 Å². The van der Waals surface area contributed by atoms with Crippen molar-refractivity contribution in [2.24, 2.45) is 5.92 Å². The predicted molar refractivity (Wildman–Crippen MR) is 78.0 cm³/mol. The Hall–Kier alpha value is -1.35. The summed E-state index contributed by atoms with van der Waals surface area (Å²) in [5.74, 6) is -0.0858. The van der Waals surface area contributed by atoms with E-state index in [0.717, 1.165) is 25.8 Å². The minimum absolute atomic E-state index is 0.0132. The van der Waals surface area contributed by atoms with Gasteiger partial charge in [0.2, 0.25) is 0 Å². The molecule has 0 aromatic heterocycles. The molecular weight excluding hydrogens is 238 g/mol. The zero-order valence-electron chi connectivity index (χ0n) is 12.0. The zero-order valence-corrected chi connectivity index (χ0v) is 12.0. The second-order valence-electron chi connectivity index (χ2n) is 4.68. The molecule has 1 aromatic carbocycles. The maximum absolute atomic E-state index is 11.7. The van der Waals surface area contributed by atoms with Gasteiger partial charge in [0.25, 0.3) is 0 Å². The Labute approximate surface area is 116 Å². The fourth-order valence-electron chi connectivity index (χ4n) is 2.07. The second kappa shape index (κ2) is 9.56. The molecule has 3 nitrogen and oxygen atoms in total. The molecule has 106 valence electrons. The van der Waals surface area contributed by atoms with Crippen molar-refractivity contribution in [3.8, 4) is 0 Å². The van der Waals surface area contributed by atoms with Gasteiger partial charge in [-0.05, 0) is 31.9 Å². The van der Waals surface area contributed by atoms with E-state index in [1.54, 1.807) is 0 Å². The molecule has 0 aliphatic carbocycles. The van der Waals surface area contributed by atoms with E-state index in [1.165, 1.54) is 5.56 Å². The first-order valence-electron chi connectivity index (χ1n) is 7.19. The third kappa shape index (κ3) is 6.39. The third-order valence-corrected chi connectivity index (χ3v) is 3.08. The van der Waals surface area contributed by atoms with Crippen LogP contribution < -0.4 is 5.32 Å². The van der Waals surface area contributed by atoms with Gasteiger partial charge in [0.05, 0.1) is 12.5 Å². The van der Waals surface area contributed by atoms with E-state index < -0.39 is 0 Å². The summed E-state index contributed by atoms with van der Waals surface area (Å²) < 4.78 is 5.09. The molecule has 1 N–H and O–H groups in total. The van der Waals surface area contributed by atoms with Gasteiger partial charge in [0, 0.05) is 6.54 Å². The van der Waals surface area contributed by atoms with Gasteiger partial charge in [-0.25, -0.2) is 0 Å². The number of carbonyl (C=O) groups is 1. The number of hydrogen-bond donors (Lipinski definition) is 1. The first-order chi connectivity index (χ1) is 9.27. The average Bonchev–Trinajstić information content (AvgIpc) is 2.43. The first kappa shape index (κ1) is 15.7. The van der Waals surface area contributed by atoms with Crippen molar-refractivity contribution in [1.82, 2.24) is 5.32 Å². The molecule has 0 fully saturated rings. The van der Waals surface area contributed by atoms with E-state index in [1.807, 2.05) is 25.1 Å². The molecule has 19 heavy (non-hydrogen) atoms. The highest BCUT2D eigenvalue weighted by Crippen LogP contribution is 2.08. The summed E-state index contributed by atoms with van der Waals surface area (Å²) >= 11 is 0. The Balaban J connectivity index is 2.26. The minimum atomic E-state index is -0.0726. The summed E-state index contributed by atoms with van der Waals surface area (Å²) in [6.45, 7) is 6.01. The van der Waals surface area contributed by atoms with Crippen LogP contribution in [0, 0.1) is 5.92 Å². The molecule has 0 saturated heterocycles. The summed E-state index contributed by atoms with van der Waals surface area (Å²) in [6.07, 6.45) is 2.88. The van der Waals surface area contributed by atoms with E-state index in [9.17, 15) is 4.79 Å². The van der Waals surface area contributed by atoms with Crippen LogP contribution in [0.25, 0.3) is 0 Å². The summed E-state index contributed by atoms with van der Waals surface area (Å²) in [7, 11) is 0. The largest absolute Gasteiger partial charge is 0.466 e. The van der Waals surface area contributed by atoms with Gasteiger partial charge in [0.1, 0.15) is 0 Å². The quantitative estimate of drug-likeness (QED) is 0.550. The van der Waals surface area contributed by atoms with Gasteiger partial charge in [-0.2, -0.15) is 0 Å². The number of rotatable bonds is 9. The molecule has 1 rings (SSSR count). The number of hydrogen-bond acceptors (Lipinski definition) is 3. The fraction of sp³-hybridized carbons (Fsp3) is 0.562. The van der Waals surface area contributed by atoms with E-state index in [2.05, 4.69) is 24.4 Å². The summed E-state index contributed by atoms with van der Waals surface area (Å²) in [6, 6.07) is 10.4. The van der Waals surface area contributed by atoms with Gasteiger partial charge in [0.15, 0.2) is 0 Å². The molecule has 0 heterocycles. The molecule has 3 heteroatoms. The number of carbonyl (C=O) groups excluding carboxylic acids is 1. The van der Waals surface area contributed by atoms with Crippen LogP contribution in [0.2, 0.25) is 0 Å². The summed E-state index contributed by atoms with van der Waals surface area (Å²) in [4.78, 5) is 11.7. The highest BCUT2D eigenvalue weighted by atomic mass is 16.5. The normalized spacial score (nSPS) is 12.1. The maximum atomic E-state index is 11.7. The van der Waals surface area contributed by atoms with Crippen LogP contribution in [0.3, 0.4) is 0 Å². The molecule has 1 unspecified atom stereocenters. The van der Waals surface area contributed by atoms with Crippen LogP contribution in [0.15, 0.2) is 30.3 Å². The number of nitrogens with one attached hydrogen (secondary N) is 1. The summed E-state index contributed by atoms with van der Waals surface area (Å²) in [5, 5.41) is 3.36. The van der Waals surface area contributed by atoms with Crippen LogP contribution in [0.5, 0.6) is 0 Å². The summed E-state index contributed by atoms with van der Waals surface area (Å²) in [5.41, 5.74) is 1.32. The molecule has 0 aliphatic heterocycles. The third-order valence-electron chi connectivity index (χ3n) is 3.08. The van der Waals surface area contributed by atoms with Crippen molar-refractivity contribution in [3.63, 3.8) is 0 Å². The van der Waals surface area contributed by atoms with Crippen molar-refractivity contribution in [2.45, 2.75) is 33.1 Å². The SMILES string of the molecule is CCCC(CNCCc1ccccc1)C(=O)OCC. The molecule has 0 amide bonds. The molecular formula is C16H25NO2. The van der Waals surface area contributed by atoms with Crippen LogP contribution in [-0.4, -0.2) is 25.7 Å². The van der Waals surface area contributed by atoms with Crippen LogP contribution in [-0.2, 0) is 16.0 Å². The fourth-order valence-corrected chi connectivity index (χ4v) is 2.07. The van der Waals surface area contributed by atoms with Gasteiger partial charge < -0.3 is 10.1 Å². The predicted octanol–water partition coefficient (Wildman–Crippen LogP) is 2.80. The molecule has 0 spiro atoms. The molecule has 0 aliphatic rings. The van der Waals surface area contributed by atoms with Crippen molar-refractivity contribution in [1.29, 1.82) is 0 Å². The van der Waals surface area contributed by atoms with Crippen molar-refractivity contribution < 1.29 is 9.53 Å². The number of benzene rings is 1. The lowest BCUT2D eigenvalue weighted by Crippen LogP contribution is -2.31.